The Labute approximate surface area is 119 Å². The number of hydrogen-bond donors (Lipinski definition) is 2. The van der Waals surface area contributed by atoms with Crippen LogP contribution in [-0.4, -0.2) is 30.7 Å². The summed E-state index contributed by atoms with van der Waals surface area (Å²) >= 11 is 0. The van der Waals surface area contributed by atoms with Crippen LogP contribution >= 0.6 is 0 Å². The van der Waals surface area contributed by atoms with E-state index in [1.165, 1.54) is 0 Å². The molecular formula is C14H14N4O3. The zero-order chi connectivity index (χ0) is 15.1. The first-order chi connectivity index (χ1) is 10.0. The smallest absolute Gasteiger partial charge is 0.375 e. The van der Waals surface area contributed by atoms with Crippen LogP contribution in [0.15, 0.2) is 16.9 Å². The molecule has 0 bridgehead atoms. The molecule has 3 aromatic rings. The second-order valence-electron chi connectivity index (χ2n) is 4.78. The molecule has 0 aliphatic rings. The van der Waals surface area contributed by atoms with E-state index in [9.17, 15) is 9.59 Å². The summed E-state index contributed by atoms with van der Waals surface area (Å²) in [5.41, 5.74) is 2.72. The topological polar surface area (TPSA) is 100 Å². The van der Waals surface area contributed by atoms with Crippen LogP contribution in [0.5, 0.6) is 0 Å². The van der Waals surface area contributed by atoms with Crippen LogP contribution in [0.1, 0.15) is 35.6 Å². The number of carboxylic acid groups (broad SMARTS) is 1. The third kappa shape index (κ3) is 1.97. The highest BCUT2D eigenvalue weighted by atomic mass is 16.4. The normalized spacial score (nSPS) is 11.3. The van der Waals surface area contributed by atoms with Crippen LogP contribution in [-0.2, 0) is 12.8 Å². The van der Waals surface area contributed by atoms with E-state index in [2.05, 4.69) is 28.9 Å². The number of aromatic carboxylic acids is 1. The lowest BCUT2D eigenvalue weighted by Gasteiger charge is -2.08. The van der Waals surface area contributed by atoms with E-state index in [1.807, 2.05) is 12.1 Å². The van der Waals surface area contributed by atoms with Gasteiger partial charge >= 0.3 is 11.7 Å². The van der Waals surface area contributed by atoms with Crippen molar-refractivity contribution in [3.05, 3.63) is 39.6 Å². The summed E-state index contributed by atoms with van der Waals surface area (Å²) in [5.74, 6) is -1.64. The van der Waals surface area contributed by atoms with Crippen molar-refractivity contribution >= 4 is 22.5 Å². The zero-order valence-corrected chi connectivity index (χ0v) is 11.7. The maximum Gasteiger partial charge on any atom is 0.375 e. The Morgan fingerprint density at radius 3 is 2.57 bits per heavy atom. The Hall–Kier alpha value is -2.70. The summed E-state index contributed by atoms with van der Waals surface area (Å²) in [7, 11) is 0. The summed E-state index contributed by atoms with van der Waals surface area (Å²) in [6.45, 7) is 4.10. The Morgan fingerprint density at radius 2 is 1.95 bits per heavy atom. The lowest BCUT2D eigenvalue weighted by molar-refractivity contribution is 0.0684. The standard InChI is InChI=1S/C14H14N4O3/c1-3-7-5-9-10(6-8(7)4-2)15-14(21)18-12(9)16-11(17-18)13(19)20/h5-6H,3-4H2,1-2H3,(H,15,21)(H,19,20). The van der Waals surface area contributed by atoms with Gasteiger partial charge in [0.25, 0.3) is 5.82 Å². The van der Waals surface area contributed by atoms with Gasteiger partial charge in [-0.15, -0.1) is 5.10 Å². The summed E-state index contributed by atoms with van der Waals surface area (Å²) in [4.78, 5) is 29.7. The highest BCUT2D eigenvalue weighted by Gasteiger charge is 2.16. The molecule has 7 nitrogen and oxygen atoms in total. The molecule has 0 atom stereocenters. The van der Waals surface area contributed by atoms with Gasteiger partial charge < -0.3 is 10.1 Å². The van der Waals surface area contributed by atoms with Crippen molar-refractivity contribution < 1.29 is 9.90 Å². The van der Waals surface area contributed by atoms with Crippen LogP contribution in [0.3, 0.4) is 0 Å². The molecule has 2 N–H and O–H groups in total. The number of carboxylic acids is 1. The third-order valence-electron chi connectivity index (χ3n) is 3.57. The van der Waals surface area contributed by atoms with Gasteiger partial charge in [-0.25, -0.2) is 14.6 Å². The minimum absolute atomic E-state index is 0.267. The van der Waals surface area contributed by atoms with Crippen molar-refractivity contribution in [1.29, 1.82) is 0 Å². The molecular weight excluding hydrogens is 272 g/mol. The second-order valence-corrected chi connectivity index (χ2v) is 4.78. The van der Waals surface area contributed by atoms with E-state index in [4.69, 9.17) is 5.11 Å². The lowest BCUT2D eigenvalue weighted by atomic mass is 10.0. The average molecular weight is 286 g/mol. The molecule has 2 aromatic heterocycles. The predicted molar refractivity (Wildman–Crippen MR) is 76.8 cm³/mol. The first-order valence-corrected chi connectivity index (χ1v) is 6.73. The number of aromatic nitrogens is 4. The average Bonchev–Trinajstić information content (AvgIpc) is 2.92. The van der Waals surface area contributed by atoms with Gasteiger partial charge in [-0.3, -0.25) is 0 Å². The van der Waals surface area contributed by atoms with Crippen molar-refractivity contribution in [3.63, 3.8) is 0 Å². The van der Waals surface area contributed by atoms with Gasteiger partial charge in [0.1, 0.15) is 0 Å². The Bertz CT molecular complexity index is 923. The molecule has 7 heteroatoms. The van der Waals surface area contributed by atoms with E-state index < -0.39 is 11.7 Å². The number of fused-ring (bicyclic) bond motifs is 3. The van der Waals surface area contributed by atoms with E-state index >= 15 is 0 Å². The highest BCUT2D eigenvalue weighted by molar-refractivity contribution is 5.93. The molecule has 0 saturated heterocycles. The van der Waals surface area contributed by atoms with E-state index in [0.717, 1.165) is 28.5 Å². The predicted octanol–water partition coefficient (Wildman–Crippen LogP) is 1.39. The largest absolute Gasteiger partial charge is 0.475 e. The Kier molecular flexibility index (Phi) is 2.97. The highest BCUT2D eigenvalue weighted by Crippen LogP contribution is 2.21. The molecule has 0 spiro atoms. The Balaban J connectivity index is 2.46. The molecule has 0 amide bonds. The number of H-pyrrole nitrogens is 1. The molecule has 0 unspecified atom stereocenters. The zero-order valence-electron chi connectivity index (χ0n) is 11.7. The fourth-order valence-electron chi connectivity index (χ4n) is 2.52. The van der Waals surface area contributed by atoms with Gasteiger partial charge in [0.15, 0.2) is 5.65 Å². The van der Waals surface area contributed by atoms with Crippen molar-refractivity contribution in [1.82, 2.24) is 19.6 Å². The fraction of sp³-hybridized carbons (Fsp3) is 0.286. The van der Waals surface area contributed by atoms with Gasteiger partial charge in [0, 0.05) is 5.39 Å². The van der Waals surface area contributed by atoms with Gasteiger partial charge in [-0.05, 0) is 36.1 Å². The molecule has 108 valence electrons. The van der Waals surface area contributed by atoms with Gasteiger partial charge in [0.2, 0.25) is 0 Å². The molecule has 0 aliphatic carbocycles. The van der Waals surface area contributed by atoms with E-state index in [1.54, 1.807) is 0 Å². The van der Waals surface area contributed by atoms with Gasteiger partial charge in [0.05, 0.1) is 5.52 Å². The number of aryl methyl sites for hydroxylation is 2. The quantitative estimate of drug-likeness (QED) is 0.758. The number of hydrogen-bond acceptors (Lipinski definition) is 4. The van der Waals surface area contributed by atoms with Crippen LogP contribution < -0.4 is 5.69 Å². The second kappa shape index (κ2) is 4.69. The van der Waals surface area contributed by atoms with Crippen LogP contribution in [0.25, 0.3) is 16.6 Å². The third-order valence-corrected chi connectivity index (χ3v) is 3.57. The molecule has 0 saturated carbocycles. The summed E-state index contributed by atoms with van der Waals surface area (Å²) in [6, 6.07) is 3.87. The van der Waals surface area contributed by atoms with Crippen LogP contribution in [0, 0.1) is 0 Å². The van der Waals surface area contributed by atoms with Crippen molar-refractivity contribution in [2.45, 2.75) is 26.7 Å². The van der Waals surface area contributed by atoms with Gasteiger partial charge in [-0.1, -0.05) is 13.8 Å². The number of carbonyl (C=O) groups is 1. The summed E-state index contributed by atoms with van der Waals surface area (Å²) in [5, 5.41) is 13.4. The number of nitrogens with one attached hydrogen (secondary N) is 1. The minimum atomic E-state index is -1.26. The van der Waals surface area contributed by atoms with Crippen LogP contribution in [0.4, 0.5) is 0 Å². The van der Waals surface area contributed by atoms with E-state index in [-0.39, 0.29) is 11.5 Å². The molecule has 21 heavy (non-hydrogen) atoms. The molecule has 3 rings (SSSR count). The van der Waals surface area contributed by atoms with Crippen molar-refractivity contribution in [3.8, 4) is 0 Å². The number of rotatable bonds is 3. The minimum Gasteiger partial charge on any atom is -0.475 e. The monoisotopic (exact) mass is 286 g/mol. The van der Waals surface area contributed by atoms with Gasteiger partial charge in [-0.2, -0.15) is 4.52 Å². The Morgan fingerprint density at radius 1 is 1.29 bits per heavy atom. The number of aromatic amines is 1. The first kappa shape index (κ1) is 13.3. The maximum absolute atomic E-state index is 12.0. The van der Waals surface area contributed by atoms with E-state index in [0.29, 0.717) is 10.9 Å². The fourth-order valence-corrected chi connectivity index (χ4v) is 2.52. The number of nitrogens with zero attached hydrogens (tertiary/aromatic N) is 3. The lowest BCUT2D eigenvalue weighted by Crippen LogP contribution is -2.18. The van der Waals surface area contributed by atoms with Crippen molar-refractivity contribution in [2.24, 2.45) is 0 Å². The van der Waals surface area contributed by atoms with Crippen LogP contribution in [0.2, 0.25) is 0 Å². The first-order valence-electron chi connectivity index (χ1n) is 6.73. The maximum atomic E-state index is 12.0. The molecule has 1 aromatic carbocycles. The molecule has 0 aliphatic heterocycles. The summed E-state index contributed by atoms with van der Waals surface area (Å²) < 4.78 is 0.997. The summed E-state index contributed by atoms with van der Waals surface area (Å²) in [6.07, 6.45) is 1.71. The SMILES string of the molecule is CCc1cc2[nH]c(=O)n3nc(C(=O)O)nc3c2cc1CC. The molecule has 0 fully saturated rings. The molecule has 0 radical (unpaired) electrons. The molecule has 2 heterocycles. The van der Waals surface area contributed by atoms with Crippen molar-refractivity contribution in [2.75, 3.05) is 0 Å². The number of benzene rings is 1.